The van der Waals surface area contributed by atoms with E-state index in [0.717, 1.165) is 76.1 Å². The fourth-order valence-electron chi connectivity index (χ4n) is 5.91. The molecule has 178 valence electrons. The Morgan fingerprint density at radius 2 is 0.921 bits per heavy atom. The van der Waals surface area contributed by atoms with Crippen LogP contribution in [0.3, 0.4) is 0 Å². The van der Waals surface area contributed by atoms with Crippen molar-refractivity contribution in [1.29, 1.82) is 10.5 Å². The number of nitrogens with zero attached hydrogens (tertiary/aromatic N) is 2. The van der Waals surface area contributed by atoms with Gasteiger partial charge in [-0.3, -0.25) is 0 Å². The van der Waals surface area contributed by atoms with Crippen molar-refractivity contribution in [2.24, 2.45) is 0 Å². The number of rotatable bonds is 2. The molecule has 4 nitrogen and oxygen atoms in total. The molecule has 0 heterocycles. The molecule has 0 aliphatic rings. The molecule has 0 radical (unpaired) electrons. The molecule has 0 spiro atoms. The smallest absolute Gasteiger partial charge is 0.119 e. The Morgan fingerprint density at radius 1 is 0.447 bits per heavy atom. The second kappa shape index (κ2) is 8.10. The van der Waals surface area contributed by atoms with E-state index in [1.165, 1.54) is 0 Å². The molecule has 7 aromatic carbocycles. The molecule has 0 fully saturated rings. The van der Waals surface area contributed by atoms with Crippen molar-refractivity contribution in [3.63, 3.8) is 0 Å². The van der Waals surface area contributed by atoms with Crippen molar-refractivity contribution in [1.82, 2.24) is 0 Å². The number of nitriles is 2. The van der Waals surface area contributed by atoms with E-state index in [9.17, 15) is 10.5 Å². The highest BCUT2D eigenvalue weighted by Crippen LogP contribution is 2.44. The van der Waals surface area contributed by atoms with Gasteiger partial charge in [-0.15, -0.1) is 0 Å². The molecule has 0 bridgehead atoms. The summed E-state index contributed by atoms with van der Waals surface area (Å²) in [5, 5.41) is 32.3. The predicted molar refractivity (Wildman–Crippen MR) is 154 cm³/mol. The van der Waals surface area contributed by atoms with Gasteiger partial charge in [-0.25, -0.2) is 0 Å². The zero-order chi connectivity index (χ0) is 26.0. The first kappa shape index (κ1) is 21.9. The van der Waals surface area contributed by atoms with E-state index in [1.807, 2.05) is 54.6 Å². The summed E-state index contributed by atoms with van der Waals surface area (Å²) in [5.41, 5.74) is 1.26. The first-order valence-corrected chi connectivity index (χ1v) is 12.3. The second-order valence-electron chi connectivity index (χ2n) is 9.48. The zero-order valence-electron chi connectivity index (χ0n) is 20.8. The molecular weight excluding hydrogens is 468 g/mol. The van der Waals surface area contributed by atoms with Crippen molar-refractivity contribution < 1.29 is 9.47 Å². The zero-order valence-corrected chi connectivity index (χ0v) is 20.8. The van der Waals surface area contributed by atoms with Crippen LogP contribution in [-0.2, 0) is 0 Å². The van der Waals surface area contributed by atoms with Gasteiger partial charge in [0.1, 0.15) is 11.5 Å². The molecule has 4 heteroatoms. The van der Waals surface area contributed by atoms with Gasteiger partial charge in [0.2, 0.25) is 0 Å². The molecule has 0 N–H and O–H groups in total. The highest BCUT2D eigenvalue weighted by atomic mass is 16.5. The third-order valence-electron chi connectivity index (χ3n) is 7.65. The molecule has 0 aliphatic carbocycles. The number of hydrogen-bond acceptors (Lipinski definition) is 4. The summed E-state index contributed by atoms with van der Waals surface area (Å²) in [6.07, 6.45) is 0. The summed E-state index contributed by atoms with van der Waals surface area (Å²) in [4.78, 5) is 0. The molecule has 0 atom stereocenters. The minimum atomic E-state index is 0.629. The maximum Gasteiger partial charge on any atom is 0.119 e. The van der Waals surface area contributed by atoms with Crippen LogP contribution >= 0.6 is 0 Å². The Morgan fingerprint density at radius 3 is 1.53 bits per heavy atom. The first-order chi connectivity index (χ1) is 18.6. The van der Waals surface area contributed by atoms with Crippen LogP contribution in [-0.4, -0.2) is 14.2 Å². The van der Waals surface area contributed by atoms with Gasteiger partial charge >= 0.3 is 0 Å². The summed E-state index contributed by atoms with van der Waals surface area (Å²) < 4.78 is 11.1. The molecule has 0 saturated heterocycles. The lowest BCUT2D eigenvalue weighted by molar-refractivity contribution is 0.415. The maximum atomic E-state index is 10.1. The van der Waals surface area contributed by atoms with E-state index in [4.69, 9.17) is 9.47 Å². The molecule has 7 aromatic rings. The number of benzene rings is 7. The van der Waals surface area contributed by atoms with E-state index < -0.39 is 0 Å². The molecule has 7 rings (SSSR count). The van der Waals surface area contributed by atoms with E-state index in [2.05, 4.69) is 42.5 Å². The number of fused-ring (bicyclic) bond motifs is 11. The SMILES string of the molecule is COc1ccc2c(ccc3c(C#N)cc4ccc5cc(C#N)c6ccc7ccc(OC)cc7c6c5c4c32)c1. The number of ether oxygens (including phenoxy) is 2. The van der Waals surface area contributed by atoms with Gasteiger partial charge in [-0.05, 0) is 90.3 Å². The molecule has 0 aliphatic heterocycles. The van der Waals surface area contributed by atoms with E-state index in [-0.39, 0.29) is 0 Å². The Bertz CT molecular complexity index is 2230. The van der Waals surface area contributed by atoms with Crippen molar-refractivity contribution in [3.05, 3.63) is 96.1 Å². The Balaban J connectivity index is 1.85. The van der Waals surface area contributed by atoms with Crippen molar-refractivity contribution in [2.75, 3.05) is 14.2 Å². The fourth-order valence-corrected chi connectivity index (χ4v) is 5.91. The summed E-state index contributed by atoms with van der Waals surface area (Å²) in [6.45, 7) is 0. The maximum absolute atomic E-state index is 10.1. The molecule has 0 amide bonds. The summed E-state index contributed by atoms with van der Waals surface area (Å²) in [5.74, 6) is 1.54. The van der Waals surface area contributed by atoms with Crippen LogP contribution < -0.4 is 9.47 Å². The largest absolute Gasteiger partial charge is 0.497 e. The van der Waals surface area contributed by atoms with Gasteiger partial charge in [0.25, 0.3) is 0 Å². The van der Waals surface area contributed by atoms with Gasteiger partial charge in [0, 0.05) is 10.8 Å². The standard InChI is InChI=1S/C34H20N2O2/c1-37-25-9-12-27-20(15-25)7-11-28-23(17-35)13-21-3-4-22-14-24(18-36)29-10-6-19-5-8-26(38-2)16-30(19)34(29)32(22)31(21)33(27)28/h3-16H,1-2H3. The highest BCUT2D eigenvalue weighted by Gasteiger charge is 2.18. The van der Waals surface area contributed by atoms with Gasteiger partial charge in [0.15, 0.2) is 0 Å². The van der Waals surface area contributed by atoms with Crippen LogP contribution in [0, 0.1) is 22.7 Å². The minimum absolute atomic E-state index is 0.629. The summed E-state index contributed by atoms with van der Waals surface area (Å²) in [7, 11) is 3.33. The number of hydrogen-bond donors (Lipinski definition) is 0. The Hall–Kier alpha value is -5.32. The van der Waals surface area contributed by atoms with Crippen LogP contribution in [0.2, 0.25) is 0 Å². The number of methoxy groups -OCH3 is 2. The average Bonchev–Trinajstić information content (AvgIpc) is 2.98. The summed E-state index contributed by atoms with van der Waals surface area (Å²) in [6, 6.07) is 33.2. The normalized spacial score (nSPS) is 11.4. The molecule has 38 heavy (non-hydrogen) atoms. The van der Waals surface area contributed by atoms with Crippen molar-refractivity contribution >= 4 is 64.6 Å². The monoisotopic (exact) mass is 488 g/mol. The first-order valence-electron chi connectivity index (χ1n) is 12.3. The van der Waals surface area contributed by atoms with E-state index in [1.54, 1.807) is 14.2 Å². The quantitative estimate of drug-likeness (QED) is 0.229. The van der Waals surface area contributed by atoms with Crippen LogP contribution in [0.5, 0.6) is 11.5 Å². The second-order valence-corrected chi connectivity index (χ2v) is 9.48. The van der Waals surface area contributed by atoms with Crippen LogP contribution in [0.1, 0.15) is 11.1 Å². The lowest BCUT2D eigenvalue weighted by Gasteiger charge is -2.16. The fraction of sp³-hybridized carbons (Fsp3) is 0.0588. The van der Waals surface area contributed by atoms with E-state index in [0.29, 0.717) is 11.1 Å². The third-order valence-corrected chi connectivity index (χ3v) is 7.65. The summed E-state index contributed by atoms with van der Waals surface area (Å²) >= 11 is 0. The topological polar surface area (TPSA) is 66.0 Å². The van der Waals surface area contributed by atoms with Gasteiger partial charge in [0.05, 0.1) is 37.5 Å². The van der Waals surface area contributed by atoms with Crippen LogP contribution in [0.4, 0.5) is 0 Å². The molecule has 0 aromatic heterocycles. The lowest BCUT2D eigenvalue weighted by Crippen LogP contribution is -1.91. The van der Waals surface area contributed by atoms with E-state index >= 15 is 0 Å². The Kier molecular flexibility index (Phi) is 4.67. The van der Waals surface area contributed by atoms with Crippen LogP contribution in [0.15, 0.2) is 84.9 Å². The van der Waals surface area contributed by atoms with Gasteiger partial charge in [-0.2, -0.15) is 10.5 Å². The van der Waals surface area contributed by atoms with Crippen LogP contribution in [0.25, 0.3) is 64.6 Å². The minimum Gasteiger partial charge on any atom is -0.497 e. The highest BCUT2D eigenvalue weighted by molar-refractivity contribution is 6.36. The average molecular weight is 489 g/mol. The van der Waals surface area contributed by atoms with Gasteiger partial charge < -0.3 is 9.47 Å². The van der Waals surface area contributed by atoms with Crippen molar-refractivity contribution in [2.45, 2.75) is 0 Å². The van der Waals surface area contributed by atoms with Crippen molar-refractivity contribution in [3.8, 4) is 23.6 Å². The predicted octanol–water partition coefficient (Wildman–Crippen LogP) is 8.37. The lowest BCUT2D eigenvalue weighted by atomic mass is 9.86. The molecule has 0 saturated carbocycles. The molecule has 0 unspecified atom stereocenters. The molecular formula is C34H20N2O2. The third kappa shape index (κ3) is 2.95. The Labute approximate surface area is 218 Å². The van der Waals surface area contributed by atoms with Gasteiger partial charge in [-0.1, -0.05) is 48.5 Å².